The summed E-state index contributed by atoms with van der Waals surface area (Å²) in [6.45, 7) is 11.6. The van der Waals surface area contributed by atoms with Gasteiger partial charge in [-0.05, 0) is 55.3 Å². The van der Waals surface area contributed by atoms with Gasteiger partial charge in [0.1, 0.15) is 0 Å². The molecule has 178 valence electrons. The van der Waals surface area contributed by atoms with Gasteiger partial charge in [0.2, 0.25) is 0 Å². The van der Waals surface area contributed by atoms with Crippen LogP contribution in [-0.2, 0) is 29.3 Å². The number of guanidine groups is 1. The van der Waals surface area contributed by atoms with Crippen molar-refractivity contribution in [2.45, 2.75) is 45.2 Å². The molecule has 8 heteroatoms. The average molecular weight is 573 g/mol. The smallest absolute Gasteiger partial charge is 0.191 e. The van der Waals surface area contributed by atoms with Crippen LogP contribution in [0, 0.1) is 0 Å². The van der Waals surface area contributed by atoms with Crippen LogP contribution < -0.4 is 10.6 Å². The van der Waals surface area contributed by atoms with Gasteiger partial charge >= 0.3 is 0 Å². The quantitative estimate of drug-likeness (QED) is 0.243. The molecule has 2 aromatic rings. The largest absolute Gasteiger partial charge is 0.357 e. The summed E-state index contributed by atoms with van der Waals surface area (Å²) in [5.41, 5.74) is 3.58. The molecule has 2 rings (SSSR count). The van der Waals surface area contributed by atoms with Crippen LogP contribution in [0.1, 0.15) is 37.5 Å². The zero-order valence-corrected chi connectivity index (χ0v) is 22.7. The van der Waals surface area contributed by atoms with E-state index in [-0.39, 0.29) is 24.0 Å². The Labute approximate surface area is 210 Å². The van der Waals surface area contributed by atoms with Crippen LogP contribution in [-0.4, -0.2) is 51.7 Å². The van der Waals surface area contributed by atoms with E-state index in [0.29, 0.717) is 18.0 Å². The highest BCUT2D eigenvalue weighted by Gasteiger charge is 2.06. The van der Waals surface area contributed by atoms with Crippen LogP contribution in [0.3, 0.4) is 0 Å². The Morgan fingerprint density at radius 3 is 1.97 bits per heavy atom. The number of hydrogen-bond acceptors (Lipinski definition) is 4. The molecule has 0 amide bonds. The van der Waals surface area contributed by atoms with Crippen molar-refractivity contribution < 1.29 is 8.42 Å². The second-order valence-corrected chi connectivity index (χ2v) is 9.58. The fourth-order valence-corrected chi connectivity index (χ4v) is 3.83. The van der Waals surface area contributed by atoms with Gasteiger partial charge in [0, 0.05) is 25.9 Å². The van der Waals surface area contributed by atoms with E-state index >= 15 is 0 Å². The number of rotatable bonds is 11. The summed E-state index contributed by atoms with van der Waals surface area (Å²) in [5, 5.41) is 6.62. The topological polar surface area (TPSA) is 73.8 Å². The molecule has 0 fully saturated rings. The van der Waals surface area contributed by atoms with Gasteiger partial charge in [0.05, 0.1) is 11.4 Å². The van der Waals surface area contributed by atoms with E-state index in [1.54, 1.807) is 12.1 Å². The number of hydrogen-bond donors (Lipinski definition) is 2. The van der Waals surface area contributed by atoms with Crippen molar-refractivity contribution in [3.8, 4) is 0 Å². The minimum atomic E-state index is -3.15. The number of nitrogens with zero attached hydrogens (tertiary/aromatic N) is 2. The summed E-state index contributed by atoms with van der Waals surface area (Å²) in [5.74, 6) is 0.780. The van der Waals surface area contributed by atoms with E-state index in [1.165, 1.54) is 17.4 Å². The van der Waals surface area contributed by atoms with E-state index in [0.717, 1.165) is 44.1 Å². The zero-order chi connectivity index (χ0) is 22.7. The Kier molecular flexibility index (Phi) is 12.9. The van der Waals surface area contributed by atoms with Gasteiger partial charge in [0.25, 0.3) is 0 Å². The first-order chi connectivity index (χ1) is 14.9. The van der Waals surface area contributed by atoms with E-state index in [4.69, 9.17) is 0 Å². The molecule has 0 aliphatic heterocycles. The number of benzene rings is 2. The van der Waals surface area contributed by atoms with Crippen LogP contribution in [0.25, 0.3) is 0 Å². The van der Waals surface area contributed by atoms with Crippen LogP contribution >= 0.6 is 24.0 Å². The summed E-state index contributed by atoms with van der Waals surface area (Å²) in [4.78, 5) is 7.44. The Balaban J connectivity index is 0.00000512. The molecule has 0 aliphatic rings. The molecule has 0 aliphatic carbocycles. The normalized spacial score (nSPS) is 11.8. The van der Waals surface area contributed by atoms with Crippen molar-refractivity contribution in [1.82, 2.24) is 15.5 Å². The molecule has 0 saturated heterocycles. The number of aliphatic imine (C=N–C) groups is 1. The fourth-order valence-electron chi connectivity index (χ4n) is 3.20. The lowest BCUT2D eigenvalue weighted by Crippen LogP contribution is -2.38. The van der Waals surface area contributed by atoms with E-state index in [9.17, 15) is 8.42 Å². The highest BCUT2D eigenvalue weighted by molar-refractivity contribution is 14.0. The lowest BCUT2D eigenvalue weighted by atomic mass is 10.1. The molecule has 0 saturated carbocycles. The van der Waals surface area contributed by atoms with Gasteiger partial charge in [-0.2, -0.15) is 0 Å². The molecule has 0 atom stereocenters. The van der Waals surface area contributed by atoms with Gasteiger partial charge in [0.15, 0.2) is 15.8 Å². The first kappa shape index (κ1) is 28.4. The summed E-state index contributed by atoms with van der Waals surface area (Å²) in [7, 11) is -3.15. The Morgan fingerprint density at radius 2 is 1.44 bits per heavy atom. The fraction of sp³-hybridized carbons (Fsp3) is 0.458. The molecule has 0 spiro atoms. The minimum absolute atomic E-state index is 0. The zero-order valence-electron chi connectivity index (χ0n) is 19.6. The van der Waals surface area contributed by atoms with Gasteiger partial charge < -0.3 is 10.6 Å². The number of nitrogens with one attached hydrogen (secondary N) is 2. The Bertz CT molecular complexity index is 925. The summed E-state index contributed by atoms with van der Waals surface area (Å²) in [6, 6.07) is 15.7. The van der Waals surface area contributed by atoms with Gasteiger partial charge in [-0.15, -0.1) is 24.0 Å². The van der Waals surface area contributed by atoms with Gasteiger partial charge in [-0.25, -0.2) is 13.4 Å². The van der Waals surface area contributed by atoms with Crippen molar-refractivity contribution in [2.24, 2.45) is 4.99 Å². The first-order valence-electron chi connectivity index (χ1n) is 11.0. The Morgan fingerprint density at radius 1 is 0.875 bits per heavy atom. The molecular weight excluding hydrogens is 535 g/mol. The van der Waals surface area contributed by atoms with Crippen LogP contribution in [0.4, 0.5) is 0 Å². The third kappa shape index (κ3) is 9.87. The molecule has 0 radical (unpaired) electrons. The van der Waals surface area contributed by atoms with Crippen molar-refractivity contribution in [2.75, 3.05) is 32.4 Å². The van der Waals surface area contributed by atoms with Gasteiger partial charge in [-0.1, -0.05) is 50.2 Å². The van der Waals surface area contributed by atoms with E-state index < -0.39 is 9.84 Å². The first-order valence-corrected chi connectivity index (χ1v) is 12.9. The number of sulfone groups is 1. The Hall–Kier alpha value is -1.65. The molecule has 0 bridgehead atoms. The average Bonchev–Trinajstić information content (AvgIpc) is 2.76. The molecule has 0 aromatic heterocycles. The maximum Gasteiger partial charge on any atom is 0.191 e. The molecule has 0 unspecified atom stereocenters. The van der Waals surface area contributed by atoms with Crippen LogP contribution in [0.5, 0.6) is 0 Å². The predicted octanol–water partition coefficient (Wildman–Crippen LogP) is 3.85. The maximum atomic E-state index is 11.6. The lowest BCUT2D eigenvalue weighted by molar-refractivity contribution is 0.296. The highest BCUT2D eigenvalue weighted by Crippen LogP contribution is 2.11. The summed E-state index contributed by atoms with van der Waals surface area (Å²) in [6.07, 6.45) is 2.01. The second-order valence-electron chi connectivity index (χ2n) is 7.57. The minimum Gasteiger partial charge on any atom is -0.357 e. The van der Waals surface area contributed by atoms with E-state index in [1.807, 2.05) is 19.1 Å². The second kappa shape index (κ2) is 14.5. The van der Waals surface area contributed by atoms with Crippen molar-refractivity contribution in [1.29, 1.82) is 0 Å². The summed E-state index contributed by atoms with van der Waals surface area (Å²) >= 11 is 0. The number of halogens is 1. The van der Waals surface area contributed by atoms with Crippen molar-refractivity contribution in [3.63, 3.8) is 0 Å². The third-order valence-electron chi connectivity index (χ3n) is 5.15. The predicted molar refractivity (Wildman–Crippen MR) is 145 cm³/mol. The monoisotopic (exact) mass is 572 g/mol. The lowest BCUT2D eigenvalue weighted by Gasteiger charge is -2.18. The molecule has 2 N–H and O–H groups in total. The summed E-state index contributed by atoms with van der Waals surface area (Å²) < 4.78 is 23.1. The standard InChI is InChI=1S/C24H36N4O2S.HI/c1-5-25-24(26-17-16-20-12-14-23(15-13-20)31(4,29)30)27-18-21-8-10-22(11-9-21)19-28(6-2)7-3;/h8-15H,5-7,16-19H2,1-4H3,(H2,25,26,27);1H. The molecular formula is C24H37IN4O2S. The molecule has 0 heterocycles. The highest BCUT2D eigenvalue weighted by atomic mass is 127. The molecule has 32 heavy (non-hydrogen) atoms. The molecule has 2 aromatic carbocycles. The van der Waals surface area contributed by atoms with Crippen LogP contribution in [0.2, 0.25) is 0 Å². The van der Waals surface area contributed by atoms with Crippen LogP contribution in [0.15, 0.2) is 58.4 Å². The van der Waals surface area contributed by atoms with E-state index in [2.05, 4.69) is 58.6 Å². The van der Waals surface area contributed by atoms with Crippen molar-refractivity contribution >= 4 is 39.8 Å². The third-order valence-corrected chi connectivity index (χ3v) is 6.27. The molecule has 6 nitrogen and oxygen atoms in total. The maximum absolute atomic E-state index is 11.6. The van der Waals surface area contributed by atoms with Crippen molar-refractivity contribution in [3.05, 3.63) is 65.2 Å². The SMILES string of the molecule is CCNC(=NCc1ccc(CN(CC)CC)cc1)NCCc1ccc(S(C)(=O)=O)cc1.I. The van der Waals surface area contributed by atoms with Gasteiger partial charge in [-0.3, -0.25) is 4.90 Å².